The summed E-state index contributed by atoms with van der Waals surface area (Å²) in [5.74, 6) is 0.341. The summed E-state index contributed by atoms with van der Waals surface area (Å²) in [5.41, 5.74) is 1.63. The van der Waals surface area contributed by atoms with Gasteiger partial charge in [0.25, 0.3) is 0 Å². The van der Waals surface area contributed by atoms with Gasteiger partial charge >= 0.3 is 0 Å². The second-order valence-corrected chi connectivity index (χ2v) is 8.22. The van der Waals surface area contributed by atoms with Crippen LogP contribution in [0.3, 0.4) is 0 Å². The number of imidazole rings is 1. The third kappa shape index (κ3) is 4.38. The van der Waals surface area contributed by atoms with Gasteiger partial charge < -0.3 is 23.3 Å². The van der Waals surface area contributed by atoms with E-state index < -0.39 is 5.79 Å². The Morgan fingerprint density at radius 3 is 2.69 bits per heavy atom. The Bertz CT molecular complexity index is 1170. The van der Waals surface area contributed by atoms with E-state index in [0.717, 1.165) is 5.56 Å². The molecule has 164 valence electrons. The third-order valence-electron chi connectivity index (χ3n) is 5.16. The van der Waals surface area contributed by atoms with Crippen molar-refractivity contribution in [2.45, 2.75) is 18.4 Å². The van der Waals surface area contributed by atoms with Crippen LogP contribution in [-0.2, 0) is 21.8 Å². The van der Waals surface area contributed by atoms with Crippen molar-refractivity contribution in [1.29, 1.82) is 0 Å². The molecule has 0 bridgehead atoms. The number of aromatic nitrogens is 3. The number of hydrogen-bond acceptors (Lipinski definition) is 6. The number of ether oxygens (including phenoxy) is 3. The highest BCUT2D eigenvalue weighted by atomic mass is 35.5. The van der Waals surface area contributed by atoms with Crippen molar-refractivity contribution >= 4 is 23.2 Å². The Morgan fingerprint density at radius 2 is 1.97 bits per heavy atom. The lowest BCUT2D eigenvalue weighted by atomic mass is 10.1. The van der Waals surface area contributed by atoms with E-state index in [0.29, 0.717) is 46.9 Å². The Kier molecular flexibility index (Phi) is 5.89. The molecule has 0 amide bonds. The van der Waals surface area contributed by atoms with Crippen LogP contribution in [0, 0.1) is 0 Å². The Hall–Kier alpha value is -2.84. The van der Waals surface area contributed by atoms with Gasteiger partial charge in [-0.3, -0.25) is 0 Å². The van der Waals surface area contributed by atoms with Gasteiger partial charge in [0, 0.05) is 34.6 Å². The van der Waals surface area contributed by atoms with E-state index in [1.165, 1.54) is 0 Å². The molecule has 0 aliphatic carbocycles. The minimum absolute atomic E-state index is 0.292. The molecule has 1 saturated heterocycles. The molecule has 1 aliphatic rings. The van der Waals surface area contributed by atoms with E-state index >= 15 is 0 Å². The lowest BCUT2D eigenvalue weighted by molar-refractivity contribution is -0.189. The zero-order valence-electron chi connectivity index (χ0n) is 16.9. The number of nitrogens with zero attached hydrogens (tertiary/aromatic N) is 3. The molecule has 5 rings (SSSR count). The second kappa shape index (κ2) is 8.96. The highest BCUT2D eigenvalue weighted by Gasteiger charge is 2.45. The predicted molar refractivity (Wildman–Crippen MR) is 119 cm³/mol. The van der Waals surface area contributed by atoms with Gasteiger partial charge in [-0.15, -0.1) is 0 Å². The van der Waals surface area contributed by atoms with Gasteiger partial charge in [-0.25, -0.2) is 4.98 Å². The molecule has 3 heterocycles. The molecule has 4 aromatic rings. The molecule has 0 radical (unpaired) electrons. The van der Waals surface area contributed by atoms with Crippen LogP contribution in [0.15, 0.2) is 78.0 Å². The molecule has 7 nitrogen and oxygen atoms in total. The summed E-state index contributed by atoms with van der Waals surface area (Å²) in [6.45, 7) is 1.05. The van der Waals surface area contributed by atoms with Gasteiger partial charge in [0.05, 0.1) is 30.7 Å². The fourth-order valence-corrected chi connectivity index (χ4v) is 4.20. The Morgan fingerprint density at radius 1 is 1.09 bits per heavy atom. The second-order valence-electron chi connectivity index (χ2n) is 7.38. The summed E-state index contributed by atoms with van der Waals surface area (Å²) in [7, 11) is 0. The average Bonchev–Trinajstić information content (AvgIpc) is 3.56. The van der Waals surface area contributed by atoms with Crippen LogP contribution in [0.4, 0.5) is 0 Å². The Labute approximate surface area is 194 Å². The molecule has 2 aromatic heterocycles. The van der Waals surface area contributed by atoms with Crippen molar-refractivity contribution in [3.63, 3.8) is 0 Å². The predicted octanol–water partition coefficient (Wildman–Crippen LogP) is 5.19. The largest absolute Gasteiger partial charge is 0.491 e. The van der Waals surface area contributed by atoms with E-state index in [1.54, 1.807) is 36.9 Å². The zero-order chi connectivity index (χ0) is 22.0. The molecule has 0 unspecified atom stereocenters. The standard InChI is InChI=1S/C23H19Cl2N3O4/c24-17-3-6-20(21(25)11-17)23(14-28-10-9-26-15-28)30-13-19(31-23)12-29-18-4-1-16(2-5-18)22-7-8-27-32-22/h1-11,15,19H,12-14H2/t19-,23-/m1/s1. The van der Waals surface area contributed by atoms with Crippen LogP contribution in [-0.4, -0.2) is 34.0 Å². The zero-order valence-corrected chi connectivity index (χ0v) is 18.4. The number of hydrogen-bond donors (Lipinski definition) is 0. The van der Waals surface area contributed by atoms with Gasteiger partial charge in [0.15, 0.2) is 5.76 Å². The van der Waals surface area contributed by atoms with E-state index in [2.05, 4.69) is 10.1 Å². The minimum atomic E-state index is -1.08. The third-order valence-corrected chi connectivity index (χ3v) is 5.71. The summed E-state index contributed by atoms with van der Waals surface area (Å²) < 4.78 is 25.6. The van der Waals surface area contributed by atoms with Crippen molar-refractivity contribution in [2.75, 3.05) is 13.2 Å². The number of rotatable bonds is 7. The maximum absolute atomic E-state index is 6.50. The quantitative estimate of drug-likeness (QED) is 0.369. The average molecular weight is 472 g/mol. The van der Waals surface area contributed by atoms with Gasteiger partial charge in [-0.1, -0.05) is 34.4 Å². The molecular weight excluding hydrogens is 453 g/mol. The summed E-state index contributed by atoms with van der Waals surface area (Å²) in [5, 5.41) is 4.75. The van der Waals surface area contributed by atoms with Gasteiger partial charge in [0.1, 0.15) is 18.5 Å². The van der Waals surface area contributed by atoms with Gasteiger partial charge in [0.2, 0.25) is 5.79 Å². The van der Waals surface area contributed by atoms with E-state index in [9.17, 15) is 0 Å². The van der Waals surface area contributed by atoms with Crippen molar-refractivity contribution in [2.24, 2.45) is 0 Å². The fraction of sp³-hybridized carbons (Fsp3) is 0.217. The molecule has 1 aliphatic heterocycles. The van der Waals surface area contributed by atoms with Crippen molar-refractivity contribution in [1.82, 2.24) is 14.7 Å². The molecule has 32 heavy (non-hydrogen) atoms. The molecule has 0 N–H and O–H groups in total. The number of halogens is 2. The topological polar surface area (TPSA) is 71.5 Å². The Balaban J connectivity index is 1.30. The van der Waals surface area contributed by atoms with Crippen LogP contribution in [0.5, 0.6) is 5.75 Å². The summed E-state index contributed by atoms with van der Waals surface area (Å²) in [6.07, 6.45) is 6.57. The fourth-order valence-electron chi connectivity index (χ4n) is 3.64. The van der Waals surface area contributed by atoms with Gasteiger partial charge in [-0.2, -0.15) is 0 Å². The molecule has 1 fully saturated rings. The van der Waals surface area contributed by atoms with Crippen LogP contribution in [0.25, 0.3) is 11.3 Å². The lowest BCUT2D eigenvalue weighted by Crippen LogP contribution is -2.34. The van der Waals surface area contributed by atoms with Crippen molar-refractivity contribution < 1.29 is 18.7 Å². The molecule has 2 aromatic carbocycles. The smallest absolute Gasteiger partial charge is 0.215 e. The molecule has 0 spiro atoms. The molecular formula is C23H19Cl2N3O4. The van der Waals surface area contributed by atoms with Crippen LogP contribution in [0.1, 0.15) is 5.56 Å². The monoisotopic (exact) mass is 471 g/mol. The number of benzene rings is 2. The van der Waals surface area contributed by atoms with Gasteiger partial charge in [-0.05, 0) is 36.4 Å². The molecule has 2 atom stereocenters. The molecule has 0 saturated carbocycles. The lowest BCUT2D eigenvalue weighted by Gasteiger charge is -2.30. The van der Waals surface area contributed by atoms with E-state index in [4.69, 9.17) is 41.9 Å². The maximum Gasteiger partial charge on any atom is 0.215 e. The van der Waals surface area contributed by atoms with Crippen molar-refractivity contribution in [3.05, 3.63) is 89.1 Å². The van der Waals surface area contributed by atoms with Crippen LogP contribution in [0.2, 0.25) is 10.0 Å². The highest BCUT2D eigenvalue weighted by molar-refractivity contribution is 6.35. The van der Waals surface area contributed by atoms with Crippen molar-refractivity contribution in [3.8, 4) is 17.1 Å². The maximum atomic E-state index is 6.50. The summed E-state index contributed by atoms with van der Waals surface area (Å²) in [6, 6.07) is 14.7. The first kappa shape index (κ1) is 21.0. The first-order valence-electron chi connectivity index (χ1n) is 9.98. The summed E-state index contributed by atoms with van der Waals surface area (Å²) >= 11 is 12.6. The minimum Gasteiger partial charge on any atom is -0.491 e. The molecule has 9 heteroatoms. The first-order chi connectivity index (χ1) is 15.6. The first-order valence-corrected chi connectivity index (χ1v) is 10.7. The van der Waals surface area contributed by atoms with Crippen LogP contribution < -0.4 is 4.74 Å². The summed E-state index contributed by atoms with van der Waals surface area (Å²) in [4.78, 5) is 4.11. The van der Waals surface area contributed by atoms with Crippen LogP contribution >= 0.6 is 23.2 Å². The van der Waals surface area contributed by atoms with E-state index in [-0.39, 0.29) is 6.10 Å². The SMILES string of the molecule is Clc1ccc([C@]2(Cn3ccnc3)OC[C@@H](COc3ccc(-c4ccno4)cc3)O2)c(Cl)c1. The normalized spacial score (nSPS) is 20.5. The van der Waals surface area contributed by atoms with E-state index in [1.807, 2.05) is 41.1 Å². The highest BCUT2D eigenvalue weighted by Crippen LogP contribution is 2.40.